The first-order chi connectivity index (χ1) is 10.6. The van der Waals surface area contributed by atoms with Gasteiger partial charge in [-0.15, -0.1) is 0 Å². The number of carbonyl (C=O) groups is 1. The van der Waals surface area contributed by atoms with Crippen molar-refractivity contribution in [2.45, 2.75) is 13.3 Å². The van der Waals surface area contributed by atoms with E-state index in [1.165, 1.54) is 12.5 Å². The van der Waals surface area contributed by atoms with Crippen LogP contribution in [0.1, 0.15) is 22.6 Å². The number of allylic oxidation sites excluding steroid dienone is 1. The van der Waals surface area contributed by atoms with E-state index in [1.54, 1.807) is 13.1 Å². The zero-order chi connectivity index (χ0) is 15.5. The average Bonchev–Trinajstić information content (AvgIpc) is 3.19. The molecule has 0 saturated carbocycles. The predicted octanol–water partition coefficient (Wildman–Crippen LogP) is 1.11. The van der Waals surface area contributed by atoms with Gasteiger partial charge in [0.15, 0.2) is 11.5 Å². The molecular formula is C14H14N6O2. The van der Waals surface area contributed by atoms with Crippen molar-refractivity contribution in [3.05, 3.63) is 36.1 Å². The third kappa shape index (κ3) is 2.71. The number of nitrogen functional groups attached to an aromatic ring is 1. The molecule has 3 N–H and O–H groups in total. The zero-order valence-corrected chi connectivity index (χ0v) is 11.9. The highest BCUT2D eigenvalue weighted by Gasteiger charge is 2.18. The van der Waals surface area contributed by atoms with Gasteiger partial charge in [-0.1, -0.05) is 6.08 Å². The Labute approximate surface area is 126 Å². The lowest BCUT2D eigenvalue weighted by Crippen LogP contribution is -2.30. The van der Waals surface area contributed by atoms with Gasteiger partial charge < -0.3 is 15.5 Å². The smallest absolute Gasteiger partial charge is 0.274 e. The molecule has 0 saturated heterocycles. The molecule has 0 unspecified atom stereocenters. The van der Waals surface area contributed by atoms with Crippen LogP contribution < -0.4 is 11.1 Å². The fourth-order valence-electron chi connectivity index (χ4n) is 2.03. The lowest BCUT2D eigenvalue weighted by atomic mass is 10.2. The van der Waals surface area contributed by atoms with Crippen molar-refractivity contribution in [2.24, 2.45) is 4.99 Å². The SMILES string of the molecule is Cc1nc(C(=O)NCC2=NC=CC2)c(N)nc1-c1ncco1. The summed E-state index contributed by atoms with van der Waals surface area (Å²) in [5.74, 6) is -0.0421. The van der Waals surface area contributed by atoms with E-state index in [-0.39, 0.29) is 17.4 Å². The molecule has 0 radical (unpaired) electrons. The van der Waals surface area contributed by atoms with Crippen molar-refractivity contribution in [1.29, 1.82) is 0 Å². The van der Waals surface area contributed by atoms with Gasteiger partial charge in [0.2, 0.25) is 5.89 Å². The Morgan fingerprint density at radius 1 is 1.45 bits per heavy atom. The van der Waals surface area contributed by atoms with Crippen LogP contribution in [0, 0.1) is 6.92 Å². The number of aromatic nitrogens is 3. The van der Waals surface area contributed by atoms with Crippen LogP contribution in [0.2, 0.25) is 0 Å². The molecule has 0 aromatic carbocycles. The van der Waals surface area contributed by atoms with Crippen LogP contribution in [0.4, 0.5) is 5.82 Å². The fraction of sp³-hybridized carbons (Fsp3) is 0.214. The monoisotopic (exact) mass is 298 g/mol. The maximum Gasteiger partial charge on any atom is 0.274 e. The van der Waals surface area contributed by atoms with Gasteiger partial charge in [-0.2, -0.15) is 0 Å². The second kappa shape index (κ2) is 5.76. The van der Waals surface area contributed by atoms with Crippen molar-refractivity contribution < 1.29 is 9.21 Å². The topological polar surface area (TPSA) is 119 Å². The second-order valence-electron chi connectivity index (χ2n) is 4.70. The highest BCUT2D eigenvalue weighted by Crippen LogP contribution is 2.20. The number of rotatable bonds is 4. The highest BCUT2D eigenvalue weighted by molar-refractivity contribution is 6.00. The molecule has 3 heterocycles. The van der Waals surface area contributed by atoms with Crippen LogP contribution in [0.25, 0.3) is 11.6 Å². The molecule has 3 rings (SSSR count). The van der Waals surface area contributed by atoms with E-state index in [0.29, 0.717) is 23.8 Å². The van der Waals surface area contributed by atoms with Crippen LogP contribution in [0.5, 0.6) is 0 Å². The van der Waals surface area contributed by atoms with E-state index in [4.69, 9.17) is 10.2 Å². The third-order valence-electron chi connectivity index (χ3n) is 3.12. The number of nitrogens with zero attached hydrogens (tertiary/aromatic N) is 4. The minimum absolute atomic E-state index is 0.0304. The first-order valence-electron chi connectivity index (χ1n) is 6.68. The predicted molar refractivity (Wildman–Crippen MR) is 80.2 cm³/mol. The number of nitrogens with two attached hydrogens (primary N) is 1. The van der Waals surface area contributed by atoms with Gasteiger partial charge >= 0.3 is 0 Å². The van der Waals surface area contributed by atoms with Crippen LogP contribution in [0.15, 0.2) is 34.1 Å². The number of aliphatic imine (C=N–C) groups is 1. The van der Waals surface area contributed by atoms with E-state index in [0.717, 1.165) is 12.1 Å². The van der Waals surface area contributed by atoms with Crippen LogP contribution in [0.3, 0.4) is 0 Å². The van der Waals surface area contributed by atoms with Gasteiger partial charge in [-0.25, -0.2) is 15.0 Å². The number of amides is 1. The summed E-state index contributed by atoms with van der Waals surface area (Å²) in [5.41, 5.74) is 7.73. The largest absolute Gasteiger partial charge is 0.443 e. The van der Waals surface area contributed by atoms with E-state index in [9.17, 15) is 4.79 Å². The fourth-order valence-corrected chi connectivity index (χ4v) is 2.03. The van der Waals surface area contributed by atoms with Gasteiger partial charge in [0, 0.05) is 18.3 Å². The molecule has 1 aliphatic heterocycles. The van der Waals surface area contributed by atoms with E-state index < -0.39 is 0 Å². The Morgan fingerprint density at radius 2 is 2.32 bits per heavy atom. The van der Waals surface area contributed by atoms with E-state index >= 15 is 0 Å². The van der Waals surface area contributed by atoms with Crippen molar-refractivity contribution >= 4 is 17.4 Å². The zero-order valence-electron chi connectivity index (χ0n) is 11.9. The lowest BCUT2D eigenvalue weighted by molar-refractivity contribution is 0.0954. The molecule has 0 aliphatic carbocycles. The number of nitrogens with one attached hydrogen (secondary N) is 1. The second-order valence-corrected chi connectivity index (χ2v) is 4.70. The summed E-state index contributed by atoms with van der Waals surface area (Å²) >= 11 is 0. The molecule has 0 atom stereocenters. The molecule has 2 aromatic rings. The van der Waals surface area contributed by atoms with Crippen LogP contribution in [-0.4, -0.2) is 33.1 Å². The number of hydrogen-bond acceptors (Lipinski definition) is 7. The summed E-state index contributed by atoms with van der Waals surface area (Å²) in [6, 6.07) is 0. The minimum atomic E-state index is -0.387. The molecule has 0 bridgehead atoms. The van der Waals surface area contributed by atoms with Crippen LogP contribution >= 0.6 is 0 Å². The van der Waals surface area contributed by atoms with Crippen molar-refractivity contribution in [2.75, 3.05) is 12.3 Å². The standard InChI is InChI=1S/C14H14N6O2/c1-8-10(14-17-5-6-22-14)20-12(15)11(19-8)13(21)18-7-9-3-2-4-16-9/h2,4-6H,3,7H2,1H3,(H2,15,20)(H,18,21). The van der Waals surface area contributed by atoms with Gasteiger partial charge in [-0.05, 0) is 6.92 Å². The summed E-state index contributed by atoms with van der Waals surface area (Å²) in [5, 5.41) is 2.73. The molecule has 22 heavy (non-hydrogen) atoms. The molecule has 8 heteroatoms. The number of carbonyl (C=O) groups excluding carboxylic acids is 1. The van der Waals surface area contributed by atoms with Crippen LogP contribution in [-0.2, 0) is 0 Å². The maximum atomic E-state index is 12.2. The molecule has 1 amide bonds. The van der Waals surface area contributed by atoms with E-state index in [2.05, 4.69) is 25.3 Å². The van der Waals surface area contributed by atoms with Gasteiger partial charge in [0.1, 0.15) is 12.0 Å². The van der Waals surface area contributed by atoms with Gasteiger partial charge in [0.05, 0.1) is 18.4 Å². The lowest BCUT2D eigenvalue weighted by Gasteiger charge is -2.09. The molecule has 0 fully saturated rings. The van der Waals surface area contributed by atoms with Crippen molar-refractivity contribution in [3.8, 4) is 11.6 Å². The normalized spacial score (nSPS) is 13.2. The Kier molecular flexibility index (Phi) is 3.65. The Hall–Kier alpha value is -3.03. The number of oxazole rings is 1. The molecule has 2 aromatic heterocycles. The average molecular weight is 298 g/mol. The molecule has 0 spiro atoms. The molecular weight excluding hydrogens is 284 g/mol. The summed E-state index contributed by atoms with van der Waals surface area (Å²) in [7, 11) is 0. The summed E-state index contributed by atoms with van der Waals surface area (Å²) < 4.78 is 5.18. The van der Waals surface area contributed by atoms with Crippen molar-refractivity contribution in [3.63, 3.8) is 0 Å². The highest BCUT2D eigenvalue weighted by atomic mass is 16.3. The maximum absolute atomic E-state index is 12.2. The van der Waals surface area contributed by atoms with Gasteiger partial charge in [-0.3, -0.25) is 9.79 Å². The Balaban J connectivity index is 1.79. The van der Waals surface area contributed by atoms with Gasteiger partial charge in [0.25, 0.3) is 5.91 Å². The van der Waals surface area contributed by atoms with E-state index in [1.807, 2.05) is 6.08 Å². The summed E-state index contributed by atoms with van der Waals surface area (Å²) in [6.07, 6.45) is 7.31. The first-order valence-corrected chi connectivity index (χ1v) is 6.68. The summed E-state index contributed by atoms with van der Waals surface area (Å²) in [6.45, 7) is 2.07. The first kappa shape index (κ1) is 13.9. The van der Waals surface area contributed by atoms with Crippen molar-refractivity contribution in [1.82, 2.24) is 20.3 Å². The quantitative estimate of drug-likeness (QED) is 0.872. The molecule has 8 nitrogen and oxygen atoms in total. The Bertz CT molecular complexity index is 764. The number of anilines is 1. The molecule has 112 valence electrons. The number of hydrogen-bond donors (Lipinski definition) is 2. The molecule has 1 aliphatic rings. The summed E-state index contributed by atoms with van der Waals surface area (Å²) in [4.78, 5) is 28.7. The Morgan fingerprint density at radius 3 is 3.00 bits per heavy atom. The number of aryl methyl sites for hydroxylation is 1. The third-order valence-corrected chi connectivity index (χ3v) is 3.12. The minimum Gasteiger partial charge on any atom is -0.443 e.